The number of hydrogen-bond donors (Lipinski definition) is 0. The van der Waals surface area contributed by atoms with Crippen molar-refractivity contribution in [2.75, 3.05) is 6.61 Å². The lowest BCUT2D eigenvalue weighted by atomic mass is 9.96. The van der Waals surface area contributed by atoms with Crippen molar-refractivity contribution in [1.82, 2.24) is 0 Å². The van der Waals surface area contributed by atoms with Crippen LogP contribution in [-0.2, 0) is 11.2 Å². The fourth-order valence-electron chi connectivity index (χ4n) is 2.07. The van der Waals surface area contributed by atoms with Crippen LogP contribution in [0, 0.1) is 0 Å². The van der Waals surface area contributed by atoms with Crippen molar-refractivity contribution < 1.29 is 9.15 Å². The fraction of sp³-hybridized carbons (Fsp3) is 0.231. The zero-order valence-corrected chi connectivity index (χ0v) is 8.35. The Morgan fingerprint density at radius 2 is 2.00 bits per heavy atom. The molecule has 0 saturated heterocycles. The van der Waals surface area contributed by atoms with E-state index in [1.807, 2.05) is 18.2 Å². The summed E-state index contributed by atoms with van der Waals surface area (Å²) in [5, 5.41) is 0. The summed E-state index contributed by atoms with van der Waals surface area (Å²) in [7, 11) is 0. The number of fused-ring (bicyclic) bond motifs is 1. The van der Waals surface area contributed by atoms with E-state index in [-0.39, 0.29) is 6.10 Å². The first kappa shape index (κ1) is 8.74. The third kappa shape index (κ3) is 1.47. The normalized spacial score (nSPS) is 19.9. The van der Waals surface area contributed by atoms with Gasteiger partial charge in [0.05, 0.1) is 12.9 Å². The van der Waals surface area contributed by atoms with Crippen molar-refractivity contribution >= 4 is 0 Å². The lowest BCUT2D eigenvalue weighted by Crippen LogP contribution is -2.16. The lowest BCUT2D eigenvalue weighted by Gasteiger charge is -2.24. The van der Waals surface area contributed by atoms with Crippen molar-refractivity contribution in [3.8, 4) is 0 Å². The Balaban J connectivity index is 2.06. The van der Waals surface area contributed by atoms with Gasteiger partial charge in [-0.1, -0.05) is 24.3 Å². The molecule has 1 aliphatic heterocycles. The fourth-order valence-corrected chi connectivity index (χ4v) is 2.07. The maximum absolute atomic E-state index is 5.76. The molecular weight excluding hydrogens is 188 g/mol. The highest BCUT2D eigenvalue weighted by atomic mass is 16.5. The predicted octanol–water partition coefficient (Wildman–Crippen LogP) is 2.94. The molecule has 0 amide bonds. The number of rotatable bonds is 1. The molecule has 0 aliphatic carbocycles. The largest absolute Gasteiger partial charge is 0.466 e. The molecule has 0 radical (unpaired) electrons. The highest BCUT2D eigenvalue weighted by molar-refractivity contribution is 5.34. The molecule has 2 heterocycles. The summed E-state index contributed by atoms with van der Waals surface area (Å²) < 4.78 is 11.2. The summed E-state index contributed by atoms with van der Waals surface area (Å²) in [6.45, 7) is 0.766. The molecule has 0 fully saturated rings. The smallest absolute Gasteiger partial charge is 0.140 e. The van der Waals surface area contributed by atoms with Gasteiger partial charge in [-0.3, -0.25) is 0 Å². The Morgan fingerprint density at radius 3 is 2.87 bits per heavy atom. The first-order chi connectivity index (χ1) is 7.45. The molecule has 1 aromatic heterocycles. The Labute approximate surface area is 88.5 Å². The van der Waals surface area contributed by atoms with Gasteiger partial charge >= 0.3 is 0 Å². The van der Waals surface area contributed by atoms with Crippen LogP contribution in [0.4, 0.5) is 0 Å². The molecule has 3 rings (SSSR count). The van der Waals surface area contributed by atoms with E-state index >= 15 is 0 Å². The van der Waals surface area contributed by atoms with Gasteiger partial charge in [0.25, 0.3) is 0 Å². The third-order valence-electron chi connectivity index (χ3n) is 2.80. The number of hydrogen-bond acceptors (Lipinski definition) is 2. The second-order valence-corrected chi connectivity index (χ2v) is 3.72. The van der Waals surface area contributed by atoms with Gasteiger partial charge < -0.3 is 9.15 Å². The molecule has 15 heavy (non-hydrogen) atoms. The summed E-state index contributed by atoms with van der Waals surface area (Å²) in [4.78, 5) is 0. The van der Waals surface area contributed by atoms with Gasteiger partial charge in [-0.25, -0.2) is 0 Å². The van der Waals surface area contributed by atoms with Crippen molar-refractivity contribution in [2.45, 2.75) is 12.5 Å². The van der Waals surface area contributed by atoms with Crippen LogP contribution in [0.15, 0.2) is 47.1 Å². The lowest BCUT2D eigenvalue weighted by molar-refractivity contribution is 0.0552. The van der Waals surface area contributed by atoms with Crippen LogP contribution in [0.5, 0.6) is 0 Å². The molecule has 1 atom stereocenters. The molecule has 0 spiro atoms. The van der Waals surface area contributed by atoms with Crippen LogP contribution >= 0.6 is 0 Å². The SMILES string of the molecule is c1coc(C2OCCc3ccccc32)c1. The first-order valence-corrected chi connectivity index (χ1v) is 5.18. The van der Waals surface area contributed by atoms with Crippen LogP contribution in [-0.4, -0.2) is 6.61 Å². The minimum Gasteiger partial charge on any atom is -0.466 e. The van der Waals surface area contributed by atoms with Gasteiger partial charge in [0.15, 0.2) is 0 Å². The topological polar surface area (TPSA) is 22.4 Å². The van der Waals surface area contributed by atoms with Gasteiger partial charge in [-0.15, -0.1) is 0 Å². The summed E-state index contributed by atoms with van der Waals surface area (Å²) in [6, 6.07) is 12.3. The Bertz CT molecular complexity index is 445. The minimum absolute atomic E-state index is 0.0232. The van der Waals surface area contributed by atoms with Gasteiger partial charge in [0, 0.05) is 0 Å². The van der Waals surface area contributed by atoms with E-state index in [9.17, 15) is 0 Å². The molecule has 1 aromatic carbocycles. The summed E-state index contributed by atoms with van der Waals surface area (Å²) in [5.41, 5.74) is 2.60. The van der Waals surface area contributed by atoms with E-state index < -0.39 is 0 Å². The van der Waals surface area contributed by atoms with Gasteiger partial charge in [0.1, 0.15) is 11.9 Å². The summed E-state index contributed by atoms with van der Waals surface area (Å²) in [6.07, 6.45) is 2.66. The number of furan rings is 1. The maximum atomic E-state index is 5.76. The molecule has 2 aromatic rings. The Hall–Kier alpha value is -1.54. The van der Waals surface area contributed by atoms with Crippen LogP contribution in [0.1, 0.15) is 23.0 Å². The Morgan fingerprint density at radius 1 is 1.07 bits per heavy atom. The summed E-state index contributed by atoms with van der Waals surface area (Å²) >= 11 is 0. The highest BCUT2D eigenvalue weighted by Crippen LogP contribution is 2.32. The number of ether oxygens (including phenoxy) is 1. The van der Waals surface area contributed by atoms with Crippen molar-refractivity contribution in [3.63, 3.8) is 0 Å². The molecule has 2 nitrogen and oxygen atoms in total. The van der Waals surface area contributed by atoms with Gasteiger partial charge in [-0.05, 0) is 29.7 Å². The van der Waals surface area contributed by atoms with E-state index in [1.54, 1.807) is 6.26 Å². The van der Waals surface area contributed by atoms with Crippen LogP contribution < -0.4 is 0 Å². The standard InChI is InChI=1S/C13H12O2/c1-2-5-11-10(4-1)7-9-15-13(11)12-6-3-8-14-12/h1-6,8,13H,7,9H2. The molecule has 1 unspecified atom stereocenters. The van der Waals surface area contributed by atoms with E-state index in [1.165, 1.54) is 11.1 Å². The molecule has 0 saturated carbocycles. The van der Waals surface area contributed by atoms with Crippen molar-refractivity contribution in [2.24, 2.45) is 0 Å². The van der Waals surface area contributed by atoms with Crippen molar-refractivity contribution in [3.05, 3.63) is 59.5 Å². The quantitative estimate of drug-likeness (QED) is 0.706. The molecule has 76 valence electrons. The first-order valence-electron chi connectivity index (χ1n) is 5.18. The summed E-state index contributed by atoms with van der Waals surface area (Å²) in [5.74, 6) is 0.891. The zero-order valence-electron chi connectivity index (χ0n) is 8.35. The van der Waals surface area contributed by atoms with Crippen LogP contribution in [0.3, 0.4) is 0 Å². The van der Waals surface area contributed by atoms with E-state index in [0.717, 1.165) is 18.8 Å². The van der Waals surface area contributed by atoms with Gasteiger partial charge in [0.2, 0.25) is 0 Å². The average Bonchev–Trinajstić information content (AvgIpc) is 2.82. The molecule has 0 bridgehead atoms. The van der Waals surface area contributed by atoms with Crippen LogP contribution in [0.25, 0.3) is 0 Å². The highest BCUT2D eigenvalue weighted by Gasteiger charge is 2.23. The van der Waals surface area contributed by atoms with E-state index in [0.29, 0.717) is 0 Å². The van der Waals surface area contributed by atoms with Crippen molar-refractivity contribution in [1.29, 1.82) is 0 Å². The monoisotopic (exact) mass is 200 g/mol. The Kier molecular flexibility index (Phi) is 2.07. The molecule has 1 aliphatic rings. The predicted molar refractivity (Wildman–Crippen MR) is 56.6 cm³/mol. The molecule has 2 heteroatoms. The third-order valence-corrected chi connectivity index (χ3v) is 2.80. The molecular formula is C13H12O2. The second kappa shape index (κ2) is 3.55. The van der Waals surface area contributed by atoms with E-state index in [4.69, 9.17) is 9.15 Å². The average molecular weight is 200 g/mol. The second-order valence-electron chi connectivity index (χ2n) is 3.72. The number of benzene rings is 1. The molecule has 0 N–H and O–H groups in total. The zero-order chi connectivity index (χ0) is 10.1. The van der Waals surface area contributed by atoms with E-state index in [2.05, 4.69) is 18.2 Å². The van der Waals surface area contributed by atoms with Crippen LogP contribution in [0.2, 0.25) is 0 Å². The maximum Gasteiger partial charge on any atom is 0.140 e. The van der Waals surface area contributed by atoms with Gasteiger partial charge in [-0.2, -0.15) is 0 Å². The minimum atomic E-state index is -0.0232.